The van der Waals surface area contributed by atoms with Crippen molar-refractivity contribution in [2.45, 2.75) is 57.5 Å². The lowest BCUT2D eigenvalue weighted by Crippen LogP contribution is -2.49. The van der Waals surface area contributed by atoms with Gasteiger partial charge < -0.3 is 15.7 Å². The molecule has 1 fully saturated rings. The van der Waals surface area contributed by atoms with Gasteiger partial charge in [0.1, 0.15) is 0 Å². The van der Waals surface area contributed by atoms with Crippen LogP contribution in [0.1, 0.15) is 56.2 Å². The minimum atomic E-state index is -0.179. The van der Waals surface area contributed by atoms with E-state index in [9.17, 15) is 9.90 Å². The van der Waals surface area contributed by atoms with Crippen molar-refractivity contribution in [3.8, 4) is 0 Å². The number of aliphatic hydroxyl groups excluding tert-OH is 1. The van der Waals surface area contributed by atoms with Crippen LogP contribution in [0.25, 0.3) is 0 Å². The van der Waals surface area contributed by atoms with Gasteiger partial charge in [0.15, 0.2) is 0 Å². The topological polar surface area (TPSA) is 61.4 Å². The number of rotatable bonds is 3. The highest BCUT2D eigenvalue weighted by molar-refractivity contribution is 5.75. The predicted octanol–water partition coefficient (Wildman–Crippen LogP) is 2.91. The Labute approximate surface area is 132 Å². The van der Waals surface area contributed by atoms with E-state index < -0.39 is 0 Å². The molecule has 0 saturated heterocycles. The third-order valence-corrected chi connectivity index (χ3v) is 5.42. The fourth-order valence-corrected chi connectivity index (χ4v) is 3.93. The van der Waals surface area contributed by atoms with Gasteiger partial charge in [0.25, 0.3) is 0 Å². The van der Waals surface area contributed by atoms with Gasteiger partial charge in [0.05, 0.1) is 12.6 Å². The van der Waals surface area contributed by atoms with Crippen LogP contribution >= 0.6 is 0 Å². The number of aryl methyl sites for hydroxylation is 1. The summed E-state index contributed by atoms with van der Waals surface area (Å²) in [6, 6.07) is 8.44. The summed E-state index contributed by atoms with van der Waals surface area (Å²) in [6.07, 6.45) is 6.19. The van der Waals surface area contributed by atoms with Gasteiger partial charge in [-0.3, -0.25) is 0 Å². The number of nitrogens with one attached hydrogen (secondary N) is 2. The largest absolute Gasteiger partial charge is 0.396 e. The molecule has 120 valence electrons. The highest BCUT2D eigenvalue weighted by Crippen LogP contribution is 2.37. The van der Waals surface area contributed by atoms with Crippen LogP contribution < -0.4 is 10.6 Å². The molecule has 2 aliphatic carbocycles. The van der Waals surface area contributed by atoms with Gasteiger partial charge in [0, 0.05) is 11.5 Å². The van der Waals surface area contributed by atoms with Gasteiger partial charge in [-0.15, -0.1) is 0 Å². The van der Waals surface area contributed by atoms with Crippen molar-refractivity contribution in [1.82, 2.24) is 10.6 Å². The van der Waals surface area contributed by atoms with Crippen molar-refractivity contribution in [2.75, 3.05) is 6.61 Å². The average Bonchev–Trinajstić information content (AvgIpc) is 2.89. The van der Waals surface area contributed by atoms with Gasteiger partial charge in [0.2, 0.25) is 0 Å². The van der Waals surface area contributed by atoms with Crippen LogP contribution in [0.4, 0.5) is 4.79 Å². The van der Waals surface area contributed by atoms with Gasteiger partial charge in [-0.2, -0.15) is 0 Å². The van der Waals surface area contributed by atoms with Crippen molar-refractivity contribution in [3.05, 3.63) is 35.4 Å². The van der Waals surface area contributed by atoms with E-state index in [-0.39, 0.29) is 30.1 Å². The van der Waals surface area contributed by atoms with E-state index in [2.05, 4.69) is 35.8 Å². The summed E-state index contributed by atoms with van der Waals surface area (Å²) in [5, 5.41) is 15.8. The monoisotopic (exact) mass is 302 g/mol. The summed E-state index contributed by atoms with van der Waals surface area (Å²) in [6.45, 7) is 2.19. The number of amides is 2. The Kier molecular flexibility index (Phi) is 4.39. The van der Waals surface area contributed by atoms with Crippen LogP contribution in [0, 0.1) is 5.41 Å². The van der Waals surface area contributed by atoms with E-state index in [0.717, 1.165) is 38.5 Å². The maximum atomic E-state index is 12.4. The summed E-state index contributed by atoms with van der Waals surface area (Å²) in [7, 11) is 0. The second-order valence-electron chi connectivity index (χ2n) is 7.02. The first-order valence-corrected chi connectivity index (χ1v) is 8.38. The fourth-order valence-electron chi connectivity index (χ4n) is 3.93. The maximum Gasteiger partial charge on any atom is 0.315 e. The zero-order valence-corrected chi connectivity index (χ0v) is 13.3. The number of carbonyl (C=O) groups is 1. The minimum absolute atomic E-state index is 0.0661. The molecule has 0 bridgehead atoms. The third-order valence-electron chi connectivity index (χ3n) is 5.42. The summed E-state index contributed by atoms with van der Waals surface area (Å²) in [5.41, 5.74) is 2.42. The lowest BCUT2D eigenvalue weighted by Gasteiger charge is -2.32. The normalized spacial score (nSPS) is 30.6. The molecule has 3 unspecified atom stereocenters. The molecule has 3 rings (SSSR count). The number of aliphatic hydroxyl groups is 1. The van der Waals surface area contributed by atoms with Crippen molar-refractivity contribution in [1.29, 1.82) is 0 Å². The summed E-state index contributed by atoms with van der Waals surface area (Å²) < 4.78 is 0. The zero-order valence-electron chi connectivity index (χ0n) is 13.3. The number of benzene rings is 1. The molecule has 4 heteroatoms. The SMILES string of the molecule is CC1(CO)CCCC1NC(=O)NC1CCCc2ccccc21. The molecule has 0 spiro atoms. The molecule has 3 atom stereocenters. The van der Waals surface area contributed by atoms with Crippen LogP contribution in [0.5, 0.6) is 0 Å². The average molecular weight is 302 g/mol. The molecule has 0 aliphatic heterocycles. The fraction of sp³-hybridized carbons (Fsp3) is 0.611. The molecule has 3 N–H and O–H groups in total. The first-order chi connectivity index (χ1) is 10.6. The first-order valence-electron chi connectivity index (χ1n) is 8.38. The van der Waals surface area contributed by atoms with Gasteiger partial charge >= 0.3 is 6.03 Å². The number of carbonyl (C=O) groups excluding carboxylic acids is 1. The number of fused-ring (bicyclic) bond motifs is 1. The molecular formula is C18H26N2O2. The van der Waals surface area contributed by atoms with Crippen molar-refractivity contribution in [2.24, 2.45) is 5.41 Å². The van der Waals surface area contributed by atoms with E-state index >= 15 is 0 Å². The Hall–Kier alpha value is -1.55. The molecule has 0 aromatic heterocycles. The van der Waals surface area contributed by atoms with Crippen LogP contribution in [0.15, 0.2) is 24.3 Å². The number of hydrogen-bond donors (Lipinski definition) is 3. The smallest absolute Gasteiger partial charge is 0.315 e. The molecule has 22 heavy (non-hydrogen) atoms. The Bertz CT molecular complexity index is 546. The Morgan fingerprint density at radius 2 is 2.09 bits per heavy atom. The Morgan fingerprint density at radius 1 is 1.27 bits per heavy atom. The highest BCUT2D eigenvalue weighted by Gasteiger charge is 2.39. The van der Waals surface area contributed by atoms with Crippen LogP contribution in [-0.2, 0) is 6.42 Å². The Balaban J connectivity index is 1.63. The summed E-state index contributed by atoms with van der Waals surface area (Å²) in [5.74, 6) is 0. The molecule has 1 saturated carbocycles. The molecule has 1 aromatic rings. The highest BCUT2D eigenvalue weighted by atomic mass is 16.3. The van der Waals surface area contributed by atoms with Crippen LogP contribution in [0.2, 0.25) is 0 Å². The lowest BCUT2D eigenvalue weighted by atomic mass is 9.86. The third kappa shape index (κ3) is 2.98. The number of urea groups is 1. The number of hydrogen-bond acceptors (Lipinski definition) is 2. The second kappa shape index (κ2) is 6.29. The maximum absolute atomic E-state index is 12.4. The zero-order chi connectivity index (χ0) is 15.6. The quantitative estimate of drug-likeness (QED) is 0.804. The van der Waals surface area contributed by atoms with Crippen molar-refractivity contribution in [3.63, 3.8) is 0 Å². The molecule has 2 amide bonds. The van der Waals surface area contributed by atoms with E-state index in [0.29, 0.717) is 0 Å². The predicted molar refractivity (Wildman–Crippen MR) is 86.6 cm³/mol. The molecule has 1 aromatic carbocycles. The van der Waals surface area contributed by atoms with Gasteiger partial charge in [-0.1, -0.05) is 37.6 Å². The van der Waals surface area contributed by atoms with E-state index in [1.165, 1.54) is 11.1 Å². The van der Waals surface area contributed by atoms with Crippen LogP contribution in [-0.4, -0.2) is 23.8 Å². The van der Waals surface area contributed by atoms with Crippen molar-refractivity contribution < 1.29 is 9.90 Å². The first kappa shape index (κ1) is 15.3. The molecule has 0 heterocycles. The second-order valence-corrected chi connectivity index (χ2v) is 7.02. The standard InChI is InChI=1S/C18H26N2O2/c1-18(12-21)11-5-10-16(18)20-17(22)19-15-9-4-7-13-6-2-3-8-14(13)15/h2-3,6,8,15-16,21H,4-5,7,9-12H2,1H3,(H2,19,20,22). The Morgan fingerprint density at radius 3 is 2.91 bits per heavy atom. The lowest BCUT2D eigenvalue weighted by molar-refractivity contribution is 0.120. The van der Waals surface area contributed by atoms with Crippen molar-refractivity contribution >= 4 is 6.03 Å². The van der Waals surface area contributed by atoms with E-state index in [1.54, 1.807) is 0 Å². The molecule has 0 radical (unpaired) electrons. The minimum Gasteiger partial charge on any atom is -0.396 e. The van der Waals surface area contributed by atoms with Crippen LogP contribution in [0.3, 0.4) is 0 Å². The molecular weight excluding hydrogens is 276 g/mol. The molecule has 4 nitrogen and oxygen atoms in total. The van der Waals surface area contributed by atoms with Gasteiger partial charge in [-0.25, -0.2) is 4.79 Å². The summed E-state index contributed by atoms with van der Waals surface area (Å²) in [4.78, 5) is 12.4. The van der Waals surface area contributed by atoms with Gasteiger partial charge in [-0.05, 0) is 43.2 Å². The van der Waals surface area contributed by atoms with E-state index in [4.69, 9.17) is 0 Å². The summed E-state index contributed by atoms with van der Waals surface area (Å²) >= 11 is 0. The van der Waals surface area contributed by atoms with E-state index in [1.807, 2.05) is 6.07 Å². The molecule has 2 aliphatic rings.